The van der Waals surface area contributed by atoms with E-state index in [0.29, 0.717) is 23.5 Å². The Morgan fingerprint density at radius 2 is 1.88 bits per heavy atom. The number of rotatable bonds is 6. The van der Waals surface area contributed by atoms with Gasteiger partial charge in [0.15, 0.2) is 5.70 Å². The number of hydrogen-bond acceptors (Lipinski definition) is 5. The summed E-state index contributed by atoms with van der Waals surface area (Å²) in [5.41, 5.74) is 0.901. The van der Waals surface area contributed by atoms with Crippen LogP contribution in [0.3, 0.4) is 0 Å². The molecule has 1 heterocycles. The summed E-state index contributed by atoms with van der Waals surface area (Å²) >= 11 is 0. The maximum absolute atomic E-state index is 12.5. The van der Waals surface area contributed by atoms with Gasteiger partial charge in [0.2, 0.25) is 5.90 Å². The van der Waals surface area contributed by atoms with Crippen LogP contribution in [0.25, 0.3) is 6.08 Å². The molecule has 0 aromatic heterocycles. The van der Waals surface area contributed by atoms with Gasteiger partial charge in [-0.2, -0.15) is 8.78 Å². The minimum atomic E-state index is -2.96. The number of nitrogens with zero attached hydrogens (tertiary/aromatic N) is 1. The number of ether oxygens (including phenoxy) is 3. The average Bonchev–Trinajstić information content (AvgIpc) is 2.98. The second-order valence-corrected chi connectivity index (χ2v) is 5.21. The highest BCUT2D eigenvalue weighted by atomic mass is 19.3. The van der Waals surface area contributed by atoms with Crippen molar-refractivity contribution < 1.29 is 27.8 Å². The number of carbonyl (C=O) groups excluding carboxylic acids is 1. The van der Waals surface area contributed by atoms with Crippen LogP contribution in [0, 0.1) is 0 Å². The molecule has 26 heavy (non-hydrogen) atoms. The molecule has 0 N–H and O–H groups in total. The molecule has 3 rings (SSSR count). The number of alkyl halides is 2. The second-order valence-electron chi connectivity index (χ2n) is 5.21. The summed E-state index contributed by atoms with van der Waals surface area (Å²) in [5.74, 6) is 0.111. The zero-order valence-electron chi connectivity index (χ0n) is 13.8. The molecule has 7 heteroatoms. The van der Waals surface area contributed by atoms with E-state index >= 15 is 0 Å². The second kappa shape index (κ2) is 7.77. The van der Waals surface area contributed by atoms with Gasteiger partial charge in [0.1, 0.15) is 11.5 Å². The smallest absolute Gasteiger partial charge is 0.387 e. The van der Waals surface area contributed by atoms with E-state index in [-0.39, 0.29) is 17.3 Å². The van der Waals surface area contributed by atoms with Crippen LogP contribution in [-0.2, 0) is 9.53 Å². The SMILES string of the molecule is CCOc1ccc(C2=N/C(=C\c3ccccc3OC(F)F)C(=O)O2)cc1. The van der Waals surface area contributed by atoms with Crippen molar-refractivity contribution in [1.29, 1.82) is 0 Å². The standard InChI is InChI=1S/C19H15F2NO4/c1-2-24-14-9-7-12(8-10-14)17-22-15(18(23)26-17)11-13-5-3-4-6-16(13)25-19(20)21/h3-11,19H,2H2,1H3/b15-11-. The molecule has 0 bridgehead atoms. The molecule has 0 aliphatic carbocycles. The van der Waals surface area contributed by atoms with Crippen LogP contribution in [0.5, 0.6) is 11.5 Å². The summed E-state index contributed by atoms with van der Waals surface area (Å²) in [6.07, 6.45) is 1.35. The van der Waals surface area contributed by atoms with Crippen molar-refractivity contribution in [3.8, 4) is 11.5 Å². The number of para-hydroxylation sites is 1. The topological polar surface area (TPSA) is 57.1 Å². The molecule has 2 aromatic rings. The molecule has 0 amide bonds. The maximum Gasteiger partial charge on any atom is 0.387 e. The minimum Gasteiger partial charge on any atom is -0.494 e. The lowest BCUT2D eigenvalue weighted by atomic mass is 10.1. The van der Waals surface area contributed by atoms with E-state index < -0.39 is 12.6 Å². The van der Waals surface area contributed by atoms with Crippen molar-refractivity contribution >= 4 is 17.9 Å². The highest BCUT2D eigenvalue weighted by molar-refractivity contribution is 6.13. The van der Waals surface area contributed by atoms with Crippen molar-refractivity contribution in [3.63, 3.8) is 0 Å². The molecule has 0 atom stereocenters. The first-order valence-electron chi connectivity index (χ1n) is 7.86. The molecule has 2 aromatic carbocycles. The molecular weight excluding hydrogens is 344 g/mol. The summed E-state index contributed by atoms with van der Waals surface area (Å²) in [6, 6.07) is 13.0. The van der Waals surface area contributed by atoms with E-state index in [1.54, 1.807) is 42.5 Å². The Labute approximate surface area is 148 Å². The maximum atomic E-state index is 12.5. The molecule has 1 aliphatic rings. The largest absolute Gasteiger partial charge is 0.494 e. The number of aliphatic imine (C=N–C) groups is 1. The quantitative estimate of drug-likeness (QED) is 0.577. The van der Waals surface area contributed by atoms with E-state index in [1.807, 2.05) is 6.92 Å². The Morgan fingerprint density at radius 1 is 1.15 bits per heavy atom. The van der Waals surface area contributed by atoms with Gasteiger partial charge < -0.3 is 14.2 Å². The molecule has 0 radical (unpaired) electrons. The van der Waals surface area contributed by atoms with E-state index in [1.165, 1.54) is 12.1 Å². The average molecular weight is 359 g/mol. The number of esters is 1. The van der Waals surface area contributed by atoms with Crippen LogP contribution in [0.2, 0.25) is 0 Å². The molecular formula is C19H15F2NO4. The first-order valence-corrected chi connectivity index (χ1v) is 7.86. The van der Waals surface area contributed by atoms with E-state index in [2.05, 4.69) is 9.73 Å². The molecule has 134 valence electrons. The number of hydrogen-bond donors (Lipinski definition) is 0. The van der Waals surface area contributed by atoms with Crippen LogP contribution in [0.1, 0.15) is 18.1 Å². The Balaban J connectivity index is 1.87. The lowest BCUT2D eigenvalue weighted by Gasteiger charge is -2.07. The summed E-state index contributed by atoms with van der Waals surface area (Å²) in [7, 11) is 0. The van der Waals surface area contributed by atoms with Crippen LogP contribution < -0.4 is 9.47 Å². The molecule has 0 spiro atoms. The lowest BCUT2D eigenvalue weighted by molar-refractivity contribution is -0.129. The van der Waals surface area contributed by atoms with Crippen molar-refractivity contribution in [3.05, 3.63) is 65.4 Å². The zero-order valence-corrected chi connectivity index (χ0v) is 13.8. The Hall–Kier alpha value is -3.22. The number of carbonyl (C=O) groups is 1. The predicted octanol–water partition coefficient (Wildman–Crippen LogP) is 4.03. The van der Waals surface area contributed by atoms with Crippen molar-refractivity contribution in [2.24, 2.45) is 4.99 Å². The summed E-state index contributed by atoms with van der Waals surface area (Å²) in [6.45, 7) is -0.543. The van der Waals surface area contributed by atoms with Gasteiger partial charge in [0, 0.05) is 11.1 Å². The van der Waals surface area contributed by atoms with Crippen LogP contribution in [0.15, 0.2) is 59.2 Å². The third-order valence-corrected chi connectivity index (χ3v) is 3.46. The fourth-order valence-electron chi connectivity index (χ4n) is 2.34. The summed E-state index contributed by atoms with van der Waals surface area (Å²) < 4.78 is 39.9. The monoisotopic (exact) mass is 359 g/mol. The fraction of sp³-hybridized carbons (Fsp3) is 0.158. The van der Waals surface area contributed by atoms with Gasteiger partial charge in [-0.25, -0.2) is 9.79 Å². The normalized spacial score (nSPS) is 15.2. The van der Waals surface area contributed by atoms with Gasteiger partial charge in [0.05, 0.1) is 6.61 Å². The number of benzene rings is 2. The van der Waals surface area contributed by atoms with Crippen LogP contribution in [0.4, 0.5) is 8.78 Å². The molecule has 0 saturated carbocycles. The van der Waals surface area contributed by atoms with Crippen molar-refractivity contribution in [2.45, 2.75) is 13.5 Å². The van der Waals surface area contributed by atoms with Crippen molar-refractivity contribution in [1.82, 2.24) is 0 Å². The van der Waals surface area contributed by atoms with E-state index in [9.17, 15) is 13.6 Å². The predicted molar refractivity (Wildman–Crippen MR) is 91.3 cm³/mol. The Kier molecular flexibility index (Phi) is 5.26. The first kappa shape index (κ1) is 17.6. The van der Waals surface area contributed by atoms with E-state index in [4.69, 9.17) is 9.47 Å². The number of halogens is 2. The van der Waals surface area contributed by atoms with Gasteiger partial charge in [-0.3, -0.25) is 0 Å². The third kappa shape index (κ3) is 4.05. The number of cyclic esters (lactones) is 1. The van der Waals surface area contributed by atoms with Crippen LogP contribution in [-0.4, -0.2) is 25.1 Å². The van der Waals surface area contributed by atoms with E-state index in [0.717, 1.165) is 0 Å². The van der Waals surface area contributed by atoms with Gasteiger partial charge in [-0.15, -0.1) is 0 Å². The molecule has 0 unspecified atom stereocenters. The highest BCUT2D eigenvalue weighted by Crippen LogP contribution is 2.26. The fourth-order valence-corrected chi connectivity index (χ4v) is 2.34. The first-order chi connectivity index (χ1) is 12.6. The van der Waals surface area contributed by atoms with Gasteiger partial charge in [0.25, 0.3) is 0 Å². The highest BCUT2D eigenvalue weighted by Gasteiger charge is 2.24. The molecule has 1 aliphatic heterocycles. The molecule has 5 nitrogen and oxygen atoms in total. The lowest BCUT2D eigenvalue weighted by Crippen LogP contribution is -2.05. The third-order valence-electron chi connectivity index (χ3n) is 3.46. The van der Waals surface area contributed by atoms with Crippen molar-refractivity contribution in [2.75, 3.05) is 6.61 Å². The van der Waals surface area contributed by atoms with Gasteiger partial charge in [-0.05, 0) is 43.3 Å². The van der Waals surface area contributed by atoms with Gasteiger partial charge in [-0.1, -0.05) is 18.2 Å². The van der Waals surface area contributed by atoms with Crippen LogP contribution >= 0.6 is 0 Å². The Bertz CT molecular complexity index is 860. The summed E-state index contributed by atoms with van der Waals surface area (Å²) in [5, 5.41) is 0. The molecule has 0 fully saturated rings. The summed E-state index contributed by atoms with van der Waals surface area (Å²) in [4.78, 5) is 16.2. The van der Waals surface area contributed by atoms with Gasteiger partial charge >= 0.3 is 12.6 Å². The minimum absolute atomic E-state index is 0.000740. The Morgan fingerprint density at radius 3 is 2.58 bits per heavy atom. The zero-order chi connectivity index (χ0) is 18.5. The molecule has 0 saturated heterocycles.